The number of rotatable bonds is 9. The van der Waals surface area contributed by atoms with E-state index in [1.165, 1.54) is 18.2 Å². The first-order chi connectivity index (χ1) is 17.3. The maximum absolute atomic E-state index is 13.0. The molecule has 0 saturated carbocycles. The fraction of sp³-hybridized carbons (Fsp3) is 0.0833. The van der Waals surface area contributed by atoms with Crippen LogP contribution in [0.25, 0.3) is 10.9 Å². The highest BCUT2D eigenvalue weighted by Gasteiger charge is 2.25. The van der Waals surface area contributed by atoms with Crippen LogP contribution in [-0.4, -0.2) is 30.8 Å². The van der Waals surface area contributed by atoms with Crippen molar-refractivity contribution < 1.29 is 22.9 Å². The Hall–Kier alpha value is -4.89. The molecule has 1 heterocycles. The Morgan fingerprint density at radius 2 is 1.86 bits per heavy atom. The van der Waals surface area contributed by atoms with Gasteiger partial charge in [0.05, 0.1) is 27.9 Å². The van der Waals surface area contributed by atoms with Gasteiger partial charge in [0.1, 0.15) is 17.2 Å². The van der Waals surface area contributed by atoms with E-state index in [0.29, 0.717) is 5.75 Å². The van der Waals surface area contributed by atoms with Crippen LogP contribution in [-0.2, 0) is 10.0 Å². The highest BCUT2D eigenvalue weighted by Crippen LogP contribution is 2.32. The first-order valence-corrected chi connectivity index (χ1v) is 12.1. The van der Waals surface area contributed by atoms with E-state index in [4.69, 9.17) is 10.00 Å². The molecule has 0 unspecified atom stereocenters. The zero-order chi connectivity index (χ0) is 25.7. The van der Waals surface area contributed by atoms with E-state index in [0.717, 1.165) is 23.0 Å². The molecule has 0 radical (unpaired) electrons. The van der Waals surface area contributed by atoms with Gasteiger partial charge >= 0.3 is 0 Å². The molecule has 1 amide bonds. The smallest absolute Gasteiger partial charge is 0.293 e. The third kappa shape index (κ3) is 5.11. The zero-order valence-corrected chi connectivity index (χ0v) is 19.4. The molecule has 36 heavy (non-hydrogen) atoms. The quantitative estimate of drug-likeness (QED) is 0.172. The minimum absolute atomic E-state index is 0.0436. The van der Waals surface area contributed by atoms with Gasteiger partial charge < -0.3 is 15.0 Å². The van der Waals surface area contributed by atoms with E-state index in [9.17, 15) is 23.3 Å². The normalized spacial score (nSPS) is 11.0. The number of nitriles is 1. The van der Waals surface area contributed by atoms with Crippen molar-refractivity contribution in [1.29, 1.82) is 5.26 Å². The lowest BCUT2D eigenvalue weighted by molar-refractivity contribution is -0.384. The number of carbonyl (C=O) groups excluding carboxylic acids is 1. The maximum Gasteiger partial charge on any atom is 0.293 e. The number of nitro benzene ring substituents is 1. The third-order valence-electron chi connectivity index (χ3n) is 5.16. The van der Waals surface area contributed by atoms with Crippen molar-refractivity contribution in [2.45, 2.75) is 11.3 Å². The maximum atomic E-state index is 13.0. The molecule has 0 aliphatic carbocycles. The topological polar surface area (TPSA) is 167 Å². The summed E-state index contributed by atoms with van der Waals surface area (Å²) < 4.78 is 33.7. The number of H-pyrrole nitrogens is 1. The van der Waals surface area contributed by atoms with E-state index in [1.807, 2.05) is 22.9 Å². The van der Waals surface area contributed by atoms with Crippen LogP contribution in [0.2, 0.25) is 0 Å². The highest BCUT2D eigenvalue weighted by molar-refractivity contribution is 7.90. The number of carbonyl (C=O) groups is 1. The molecular weight excluding hydrogens is 486 g/mol. The van der Waals surface area contributed by atoms with Crippen LogP contribution in [0, 0.1) is 21.4 Å². The van der Waals surface area contributed by atoms with Gasteiger partial charge in [0.25, 0.3) is 21.6 Å². The Kier molecular flexibility index (Phi) is 6.84. The number of hydrogen-bond donors (Lipinski definition) is 3. The number of fused-ring (bicyclic) bond motifs is 1. The lowest BCUT2D eigenvalue weighted by atomic mass is 10.2. The van der Waals surface area contributed by atoms with Crippen LogP contribution in [0.15, 0.2) is 77.8 Å². The highest BCUT2D eigenvalue weighted by atomic mass is 32.2. The summed E-state index contributed by atoms with van der Waals surface area (Å²) in [6.07, 6.45) is 1.85. The van der Waals surface area contributed by atoms with E-state index in [2.05, 4.69) is 10.3 Å². The number of nitro groups is 1. The Balaban J connectivity index is 1.60. The van der Waals surface area contributed by atoms with E-state index < -0.39 is 31.4 Å². The SMILES string of the molecule is N#CCCNc1ccc(S(=O)(=O)NC(=O)c2ccccc2Oc2cccc3[nH]ccc23)cc1[N+](=O)[O-]. The lowest BCUT2D eigenvalue weighted by Crippen LogP contribution is -2.30. The second-order valence-corrected chi connectivity index (χ2v) is 9.18. The van der Waals surface area contributed by atoms with Crippen molar-refractivity contribution in [1.82, 2.24) is 9.71 Å². The van der Waals surface area contributed by atoms with Gasteiger partial charge in [-0.05, 0) is 42.5 Å². The average molecular weight is 506 g/mol. The second-order valence-electron chi connectivity index (χ2n) is 7.50. The van der Waals surface area contributed by atoms with E-state index in [1.54, 1.807) is 30.5 Å². The Bertz CT molecular complexity index is 1610. The summed E-state index contributed by atoms with van der Waals surface area (Å²) >= 11 is 0. The van der Waals surface area contributed by atoms with Gasteiger partial charge in [-0.2, -0.15) is 5.26 Å². The predicted molar refractivity (Wildman–Crippen MR) is 131 cm³/mol. The number of sulfonamides is 1. The molecule has 4 aromatic rings. The summed E-state index contributed by atoms with van der Waals surface area (Å²) in [7, 11) is -4.47. The number of ether oxygens (including phenoxy) is 1. The Morgan fingerprint density at radius 3 is 2.64 bits per heavy atom. The molecule has 3 aromatic carbocycles. The monoisotopic (exact) mass is 505 g/mol. The van der Waals surface area contributed by atoms with Crippen molar-refractivity contribution >= 4 is 38.2 Å². The summed E-state index contributed by atoms with van der Waals surface area (Å²) in [6, 6.07) is 18.4. The zero-order valence-electron chi connectivity index (χ0n) is 18.6. The van der Waals surface area contributed by atoms with Gasteiger partial charge in [0.2, 0.25) is 0 Å². The summed E-state index contributed by atoms with van der Waals surface area (Å²) in [5, 5.41) is 23.6. The van der Waals surface area contributed by atoms with Crippen molar-refractivity contribution in [2.75, 3.05) is 11.9 Å². The molecule has 0 atom stereocenters. The fourth-order valence-electron chi connectivity index (χ4n) is 3.48. The van der Waals surface area contributed by atoms with Crippen LogP contribution in [0.1, 0.15) is 16.8 Å². The minimum Gasteiger partial charge on any atom is -0.456 e. The number of aromatic nitrogens is 1. The molecule has 0 saturated heterocycles. The van der Waals surface area contributed by atoms with Crippen LogP contribution in [0.3, 0.4) is 0 Å². The number of benzene rings is 3. The van der Waals surface area contributed by atoms with Crippen molar-refractivity contribution in [2.24, 2.45) is 0 Å². The number of nitrogens with zero attached hydrogens (tertiary/aromatic N) is 2. The molecule has 0 fully saturated rings. The number of aromatic amines is 1. The number of para-hydroxylation sites is 1. The lowest BCUT2D eigenvalue weighted by Gasteiger charge is -2.13. The summed E-state index contributed by atoms with van der Waals surface area (Å²) in [5.74, 6) is -0.375. The number of nitrogens with one attached hydrogen (secondary N) is 3. The molecule has 3 N–H and O–H groups in total. The third-order valence-corrected chi connectivity index (χ3v) is 6.49. The van der Waals surface area contributed by atoms with Crippen molar-refractivity contribution in [3.8, 4) is 17.6 Å². The van der Waals surface area contributed by atoms with E-state index >= 15 is 0 Å². The van der Waals surface area contributed by atoms with Crippen LogP contribution in [0.4, 0.5) is 11.4 Å². The summed E-state index contributed by atoms with van der Waals surface area (Å²) in [5.41, 5.74) is 0.326. The molecule has 0 aliphatic rings. The predicted octanol–water partition coefficient (Wildman–Crippen LogP) is 4.31. The Morgan fingerprint density at radius 1 is 1.08 bits per heavy atom. The molecule has 4 rings (SSSR count). The van der Waals surface area contributed by atoms with Gasteiger partial charge in [-0.25, -0.2) is 13.1 Å². The molecule has 0 aliphatic heterocycles. The number of anilines is 1. The Labute approximate surface area is 205 Å². The van der Waals surface area contributed by atoms with Gasteiger partial charge in [0, 0.05) is 29.7 Å². The first kappa shape index (κ1) is 24.2. The fourth-order valence-corrected chi connectivity index (χ4v) is 4.46. The average Bonchev–Trinajstić information content (AvgIpc) is 3.34. The summed E-state index contributed by atoms with van der Waals surface area (Å²) in [4.78, 5) is 26.3. The molecule has 0 spiro atoms. The molecule has 12 heteroatoms. The first-order valence-electron chi connectivity index (χ1n) is 10.6. The minimum atomic E-state index is -4.47. The summed E-state index contributed by atoms with van der Waals surface area (Å²) in [6.45, 7) is 0.146. The van der Waals surface area contributed by atoms with Gasteiger partial charge in [-0.1, -0.05) is 18.2 Å². The van der Waals surface area contributed by atoms with Crippen LogP contribution < -0.4 is 14.8 Å². The van der Waals surface area contributed by atoms with Crippen molar-refractivity contribution in [3.63, 3.8) is 0 Å². The van der Waals surface area contributed by atoms with Crippen molar-refractivity contribution in [3.05, 3.63) is 88.6 Å². The molecule has 0 bridgehead atoms. The second kappa shape index (κ2) is 10.2. The standard InChI is InChI=1S/C24H19N5O6S/c25-12-4-13-26-20-10-9-16(15-21(20)29(31)32)36(33,34)28-24(30)18-5-1-2-7-23(18)35-22-8-3-6-19-17(22)11-14-27-19/h1-3,5-11,14-15,26-27H,4,13H2,(H,28,30). The van der Waals surface area contributed by atoms with Gasteiger partial charge in [-0.15, -0.1) is 0 Å². The number of amides is 1. The van der Waals surface area contributed by atoms with Gasteiger partial charge in [0.15, 0.2) is 0 Å². The molecular formula is C24H19N5O6S. The largest absolute Gasteiger partial charge is 0.456 e. The van der Waals surface area contributed by atoms with Crippen LogP contribution >= 0.6 is 0 Å². The van der Waals surface area contributed by atoms with Gasteiger partial charge in [-0.3, -0.25) is 14.9 Å². The molecule has 11 nitrogen and oxygen atoms in total. The number of hydrogen-bond acceptors (Lipinski definition) is 8. The molecule has 182 valence electrons. The van der Waals surface area contributed by atoms with Crippen LogP contribution in [0.5, 0.6) is 11.5 Å². The van der Waals surface area contributed by atoms with E-state index in [-0.39, 0.29) is 30.0 Å². The molecule has 1 aromatic heterocycles.